The van der Waals surface area contributed by atoms with E-state index in [4.69, 9.17) is 9.88 Å². The lowest BCUT2D eigenvalue weighted by atomic mass is 10.2. The third-order valence-electron chi connectivity index (χ3n) is 4.41. The zero-order valence-corrected chi connectivity index (χ0v) is 20.4. The summed E-state index contributed by atoms with van der Waals surface area (Å²) in [4.78, 5) is 37.2. The molecule has 0 radical (unpaired) electrons. The summed E-state index contributed by atoms with van der Waals surface area (Å²) in [7, 11) is -3.76. The van der Waals surface area contributed by atoms with Crippen molar-refractivity contribution in [3.63, 3.8) is 0 Å². The number of nitrogens with two attached hydrogens (primary N) is 1. The molecular formula is C21H24N6O5S2. The number of sulfonamides is 1. The van der Waals surface area contributed by atoms with Gasteiger partial charge in [-0.3, -0.25) is 10.1 Å². The van der Waals surface area contributed by atoms with E-state index in [1.54, 1.807) is 32.0 Å². The average molecular weight is 505 g/mol. The summed E-state index contributed by atoms with van der Waals surface area (Å²) in [5, 5.41) is 11.7. The van der Waals surface area contributed by atoms with E-state index in [9.17, 15) is 18.0 Å². The highest BCUT2D eigenvalue weighted by molar-refractivity contribution is 7.89. The third kappa shape index (κ3) is 6.79. The SMILES string of the molecule is CCOC(=O)c1sc(Nc2nc(CC(C)=O)cc(NCc3ccc(S(N)(=O)=O)cc3)n2)nc1C. The Balaban J connectivity index is 1.80. The molecule has 0 aliphatic heterocycles. The number of rotatable bonds is 10. The summed E-state index contributed by atoms with van der Waals surface area (Å²) in [6.07, 6.45) is 0.111. The fourth-order valence-corrected chi connectivity index (χ4v) is 4.28. The molecule has 3 aromatic rings. The molecule has 13 heteroatoms. The van der Waals surface area contributed by atoms with Gasteiger partial charge in [-0.15, -0.1) is 0 Å². The second kappa shape index (κ2) is 10.7. The number of thiazole rings is 1. The number of anilines is 3. The van der Waals surface area contributed by atoms with Crippen LogP contribution in [0.4, 0.5) is 16.9 Å². The number of aromatic nitrogens is 3. The number of benzene rings is 1. The van der Waals surface area contributed by atoms with Gasteiger partial charge in [-0.25, -0.2) is 28.3 Å². The molecule has 0 amide bonds. The minimum absolute atomic E-state index is 0.0226. The van der Waals surface area contributed by atoms with Gasteiger partial charge in [0.2, 0.25) is 16.0 Å². The molecule has 0 spiro atoms. The maximum atomic E-state index is 12.1. The number of ether oxygens (including phenoxy) is 1. The van der Waals surface area contributed by atoms with Crippen LogP contribution in [0.2, 0.25) is 0 Å². The van der Waals surface area contributed by atoms with Crippen molar-refractivity contribution in [2.75, 3.05) is 17.2 Å². The van der Waals surface area contributed by atoms with Gasteiger partial charge in [-0.05, 0) is 38.5 Å². The number of hydrogen-bond acceptors (Lipinski definition) is 11. The number of Topliss-reactive ketones (excluding diaryl/α,β-unsaturated/α-hetero) is 1. The summed E-state index contributed by atoms with van der Waals surface area (Å²) in [5.41, 5.74) is 1.81. The molecule has 0 saturated carbocycles. The summed E-state index contributed by atoms with van der Waals surface area (Å²) < 4.78 is 27.9. The number of carbonyl (C=O) groups is 2. The van der Waals surface area contributed by atoms with Crippen molar-refractivity contribution < 1.29 is 22.7 Å². The fourth-order valence-electron chi connectivity index (χ4n) is 2.91. The molecule has 0 atom stereocenters. The third-order valence-corrected chi connectivity index (χ3v) is 6.39. The predicted octanol–water partition coefficient (Wildman–Crippen LogP) is 2.55. The molecule has 1 aromatic carbocycles. The summed E-state index contributed by atoms with van der Waals surface area (Å²) in [5.74, 6) is 0.134. The topological polar surface area (TPSA) is 166 Å². The fraction of sp³-hybridized carbons (Fsp3) is 0.286. The Morgan fingerprint density at radius 3 is 2.47 bits per heavy atom. The molecule has 11 nitrogen and oxygen atoms in total. The quantitative estimate of drug-likeness (QED) is 0.349. The molecule has 0 aliphatic rings. The Bertz CT molecular complexity index is 1310. The molecule has 0 fully saturated rings. The number of ketones is 1. The number of nitrogens with one attached hydrogen (secondary N) is 2. The van der Waals surface area contributed by atoms with E-state index in [0.717, 1.165) is 16.9 Å². The van der Waals surface area contributed by atoms with Crippen LogP contribution < -0.4 is 15.8 Å². The zero-order valence-electron chi connectivity index (χ0n) is 18.8. The van der Waals surface area contributed by atoms with Crippen molar-refractivity contribution in [3.05, 3.63) is 52.2 Å². The van der Waals surface area contributed by atoms with E-state index < -0.39 is 16.0 Å². The van der Waals surface area contributed by atoms with Crippen LogP contribution in [0.25, 0.3) is 0 Å². The second-order valence-electron chi connectivity index (χ2n) is 7.27. The van der Waals surface area contributed by atoms with Crippen LogP contribution in [0.15, 0.2) is 35.2 Å². The molecule has 2 aromatic heterocycles. The standard InChI is InChI=1S/C21H24N6O5S2/c1-4-32-19(29)18-13(3)24-21(33-18)27-20-25-15(9-12(2)28)10-17(26-20)23-11-14-5-7-16(8-6-14)34(22,30)31/h5-8,10H,4,9,11H2,1-3H3,(H2,22,30,31)(H2,23,24,25,26,27). The average Bonchev–Trinajstić information content (AvgIpc) is 3.11. The van der Waals surface area contributed by atoms with Gasteiger partial charge < -0.3 is 10.1 Å². The van der Waals surface area contributed by atoms with Crippen molar-refractivity contribution in [2.24, 2.45) is 5.14 Å². The molecule has 0 aliphatic carbocycles. The van der Waals surface area contributed by atoms with Crippen LogP contribution in [-0.4, -0.2) is 41.7 Å². The molecule has 3 rings (SSSR count). The number of carbonyl (C=O) groups excluding carboxylic acids is 2. The predicted molar refractivity (Wildman–Crippen MR) is 128 cm³/mol. The van der Waals surface area contributed by atoms with Gasteiger partial charge in [0.1, 0.15) is 16.5 Å². The number of hydrogen-bond donors (Lipinski definition) is 3. The van der Waals surface area contributed by atoms with Crippen molar-refractivity contribution in [3.8, 4) is 0 Å². The maximum Gasteiger partial charge on any atom is 0.350 e. The van der Waals surface area contributed by atoms with Gasteiger partial charge in [0.15, 0.2) is 5.13 Å². The maximum absolute atomic E-state index is 12.1. The van der Waals surface area contributed by atoms with Gasteiger partial charge in [0.05, 0.1) is 22.9 Å². The molecule has 2 heterocycles. The Kier molecular flexibility index (Phi) is 7.91. The molecule has 180 valence electrons. The van der Waals surface area contributed by atoms with Crippen molar-refractivity contribution >= 4 is 50.0 Å². The minimum atomic E-state index is -3.76. The van der Waals surface area contributed by atoms with E-state index in [0.29, 0.717) is 33.8 Å². The first kappa shape index (κ1) is 25.2. The van der Waals surface area contributed by atoms with Crippen molar-refractivity contribution in [1.29, 1.82) is 0 Å². The van der Waals surface area contributed by atoms with Crippen LogP contribution in [-0.2, 0) is 32.5 Å². The summed E-state index contributed by atoms with van der Waals surface area (Å²) in [6.45, 7) is 5.49. The molecular weight excluding hydrogens is 480 g/mol. The van der Waals surface area contributed by atoms with Gasteiger partial charge >= 0.3 is 5.97 Å². The van der Waals surface area contributed by atoms with Crippen LogP contribution in [0.3, 0.4) is 0 Å². The lowest BCUT2D eigenvalue weighted by molar-refractivity contribution is -0.116. The van der Waals surface area contributed by atoms with Crippen molar-refractivity contribution in [1.82, 2.24) is 15.0 Å². The molecule has 0 saturated heterocycles. The minimum Gasteiger partial charge on any atom is -0.462 e. The van der Waals surface area contributed by atoms with Gasteiger partial charge in [-0.1, -0.05) is 23.5 Å². The highest BCUT2D eigenvalue weighted by Gasteiger charge is 2.17. The van der Waals surface area contributed by atoms with Gasteiger partial charge in [0, 0.05) is 19.0 Å². The second-order valence-corrected chi connectivity index (χ2v) is 9.83. The van der Waals surface area contributed by atoms with E-state index >= 15 is 0 Å². The van der Waals surface area contributed by atoms with Gasteiger partial charge in [-0.2, -0.15) is 4.98 Å². The number of nitrogens with zero attached hydrogens (tertiary/aromatic N) is 3. The van der Waals surface area contributed by atoms with Crippen LogP contribution in [0, 0.1) is 6.92 Å². The van der Waals surface area contributed by atoms with Crippen molar-refractivity contribution in [2.45, 2.75) is 38.6 Å². The normalized spacial score (nSPS) is 11.2. The first-order valence-electron chi connectivity index (χ1n) is 10.2. The summed E-state index contributed by atoms with van der Waals surface area (Å²) >= 11 is 1.12. The molecule has 0 unspecified atom stereocenters. The summed E-state index contributed by atoms with van der Waals surface area (Å²) in [6, 6.07) is 7.78. The smallest absolute Gasteiger partial charge is 0.350 e. The lowest BCUT2D eigenvalue weighted by Gasteiger charge is -2.10. The first-order valence-corrected chi connectivity index (χ1v) is 12.6. The van der Waals surface area contributed by atoms with Crippen LogP contribution >= 0.6 is 11.3 Å². The number of aryl methyl sites for hydroxylation is 1. The first-order chi connectivity index (χ1) is 16.0. The van der Waals surface area contributed by atoms with E-state index in [-0.39, 0.29) is 29.7 Å². The Morgan fingerprint density at radius 1 is 1.15 bits per heavy atom. The highest BCUT2D eigenvalue weighted by atomic mass is 32.2. The lowest BCUT2D eigenvalue weighted by Crippen LogP contribution is -2.12. The van der Waals surface area contributed by atoms with E-state index in [2.05, 4.69) is 25.6 Å². The number of primary sulfonamides is 1. The van der Waals surface area contributed by atoms with Crippen LogP contribution in [0.1, 0.15) is 40.5 Å². The highest BCUT2D eigenvalue weighted by Crippen LogP contribution is 2.26. The zero-order chi connectivity index (χ0) is 24.9. The van der Waals surface area contributed by atoms with E-state index in [1.807, 2.05) is 0 Å². The Labute approximate surface area is 200 Å². The molecule has 34 heavy (non-hydrogen) atoms. The molecule has 4 N–H and O–H groups in total. The molecule has 0 bridgehead atoms. The Hall–Kier alpha value is -3.42. The van der Waals surface area contributed by atoms with E-state index in [1.165, 1.54) is 19.1 Å². The monoisotopic (exact) mass is 504 g/mol. The number of esters is 1. The largest absolute Gasteiger partial charge is 0.462 e. The Morgan fingerprint density at radius 2 is 1.85 bits per heavy atom. The van der Waals surface area contributed by atoms with Gasteiger partial charge in [0.25, 0.3) is 0 Å². The van der Waals surface area contributed by atoms with Crippen LogP contribution in [0.5, 0.6) is 0 Å².